The Morgan fingerprint density at radius 1 is 1.45 bits per heavy atom. The van der Waals surface area contributed by atoms with Crippen molar-refractivity contribution in [3.05, 3.63) is 42.1 Å². The minimum atomic E-state index is -3.67. The molecule has 2 heterocycles. The molecule has 1 unspecified atom stereocenters. The van der Waals surface area contributed by atoms with E-state index in [1.807, 2.05) is 0 Å². The van der Waals surface area contributed by atoms with Crippen molar-refractivity contribution in [3.63, 3.8) is 0 Å². The summed E-state index contributed by atoms with van der Waals surface area (Å²) in [5.74, 6) is 0.423. The molecule has 5 nitrogen and oxygen atoms in total. The van der Waals surface area contributed by atoms with E-state index in [2.05, 4.69) is 14.7 Å². The van der Waals surface area contributed by atoms with Gasteiger partial charge in [-0.1, -0.05) is 0 Å². The molecule has 1 aromatic carbocycles. The van der Waals surface area contributed by atoms with Gasteiger partial charge in [-0.15, -0.1) is 11.8 Å². The number of rotatable bonds is 3. The van der Waals surface area contributed by atoms with Crippen molar-refractivity contribution < 1.29 is 12.8 Å². The van der Waals surface area contributed by atoms with E-state index in [0.717, 1.165) is 10.6 Å². The molecule has 0 saturated carbocycles. The van der Waals surface area contributed by atoms with Crippen LogP contribution < -0.4 is 4.72 Å². The van der Waals surface area contributed by atoms with E-state index in [9.17, 15) is 12.8 Å². The van der Waals surface area contributed by atoms with Crippen LogP contribution in [-0.4, -0.2) is 24.1 Å². The zero-order chi connectivity index (χ0) is 14.2. The lowest BCUT2D eigenvalue weighted by molar-refractivity contribution is 0.539. The third-order valence-corrected chi connectivity index (χ3v) is 5.59. The molecule has 3 rings (SSSR count). The lowest BCUT2D eigenvalue weighted by Gasteiger charge is -2.25. The van der Waals surface area contributed by atoms with Crippen molar-refractivity contribution in [3.8, 4) is 0 Å². The molecule has 2 N–H and O–H groups in total. The molecule has 1 aromatic heterocycles. The molecule has 2 aromatic rings. The smallest absolute Gasteiger partial charge is 0.258 e. The summed E-state index contributed by atoms with van der Waals surface area (Å²) in [6.07, 6.45) is 3.17. The predicted molar refractivity (Wildman–Crippen MR) is 73.4 cm³/mol. The SMILES string of the molecule is O=S(=O)(NC1CCSc2ccc(F)cc21)c1cnc[nH]1. The summed E-state index contributed by atoms with van der Waals surface area (Å²) >= 11 is 1.60. The number of imidazole rings is 1. The average Bonchev–Trinajstić information content (AvgIpc) is 2.94. The first-order valence-electron chi connectivity index (χ1n) is 5.99. The molecular weight excluding hydrogens is 301 g/mol. The Kier molecular flexibility index (Phi) is 3.53. The molecule has 1 atom stereocenters. The van der Waals surface area contributed by atoms with E-state index in [-0.39, 0.29) is 10.8 Å². The van der Waals surface area contributed by atoms with Crippen LogP contribution >= 0.6 is 11.8 Å². The highest BCUT2D eigenvalue weighted by atomic mass is 32.2. The summed E-state index contributed by atoms with van der Waals surface area (Å²) in [4.78, 5) is 7.17. The van der Waals surface area contributed by atoms with Crippen molar-refractivity contribution in [1.82, 2.24) is 14.7 Å². The number of thioether (sulfide) groups is 1. The second-order valence-electron chi connectivity index (χ2n) is 4.41. The maximum Gasteiger partial charge on any atom is 0.258 e. The number of benzene rings is 1. The Hall–Kier alpha value is -1.38. The van der Waals surface area contributed by atoms with Crippen molar-refractivity contribution in [2.75, 3.05) is 5.75 Å². The zero-order valence-electron chi connectivity index (χ0n) is 10.3. The van der Waals surface area contributed by atoms with Crippen molar-refractivity contribution in [2.45, 2.75) is 22.4 Å². The number of aromatic amines is 1. The van der Waals surface area contributed by atoms with Gasteiger partial charge in [-0.2, -0.15) is 0 Å². The maximum absolute atomic E-state index is 13.4. The Bertz CT molecular complexity index is 716. The minimum absolute atomic E-state index is 0.00804. The molecule has 1 aliphatic rings. The van der Waals surface area contributed by atoms with E-state index in [4.69, 9.17) is 0 Å². The normalized spacial score (nSPS) is 18.8. The van der Waals surface area contributed by atoms with Gasteiger partial charge in [0, 0.05) is 10.9 Å². The van der Waals surface area contributed by atoms with Gasteiger partial charge in [0.25, 0.3) is 10.0 Å². The van der Waals surface area contributed by atoms with Gasteiger partial charge in [-0.05, 0) is 35.9 Å². The molecule has 0 radical (unpaired) electrons. The van der Waals surface area contributed by atoms with Gasteiger partial charge in [0.1, 0.15) is 5.82 Å². The first-order valence-corrected chi connectivity index (χ1v) is 8.46. The van der Waals surface area contributed by atoms with E-state index < -0.39 is 16.1 Å². The second-order valence-corrected chi connectivity index (χ2v) is 7.23. The summed E-state index contributed by atoms with van der Waals surface area (Å²) < 4.78 is 40.3. The molecular formula is C12H12FN3O2S2. The van der Waals surface area contributed by atoms with Crippen molar-refractivity contribution in [1.29, 1.82) is 0 Å². The fourth-order valence-electron chi connectivity index (χ4n) is 2.13. The van der Waals surface area contributed by atoms with Crippen LogP contribution in [0.4, 0.5) is 4.39 Å². The molecule has 0 saturated heterocycles. The third-order valence-electron chi connectivity index (χ3n) is 3.07. The van der Waals surface area contributed by atoms with Crippen LogP contribution in [0, 0.1) is 5.82 Å². The van der Waals surface area contributed by atoms with Crippen LogP contribution in [0.3, 0.4) is 0 Å². The number of nitrogens with one attached hydrogen (secondary N) is 2. The quantitative estimate of drug-likeness (QED) is 0.909. The van der Waals surface area contributed by atoms with Crippen molar-refractivity contribution in [2.24, 2.45) is 0 Å². The number of H-pyrrole nitrogens is 1. The van der Waals surface area contributed by atoms with Gasteiger partial charge in [-0.3, -0.25) is 0 Å². The first-order chi connectivity index (χ1) is 9.56. The summed E-state index contributed by atoms with van der Waals surface area (Å²) in [5, 5.41) is 0.00804. The number of aromatic nitrogens is 2. The molecule has 106 valence electrons. The Morgan fingerprint density at radius 3 is 3.05 bits per heavy atom. The summed E-state index contributed by atoms with van der Waals surface area (Å²) in [6.45, 7) is 0. The minimum Gasteiger partial charge on any atom is -0.335 e. The highest BCUT2D eigenvalue weighted by molar-refractivity contribution is 7.99. The van der Waals surface area contributed by atoms with Crippen LogP contribution in [0.1, 0.15) is 18.0 Å². The molecule has 1 aliphatic heterocycles. The van der Waals surface area contributed by atoms with Crippen LogP contribution in [0.25, 0.3) is 0 Å². The second kappa shape index (κ2) is 5.19. The van der Waals surface area contributed by atoms with Gasteiger partial charge in [0.2, 0.25) is 0 Å². The van der Waals surface area contributed by atoms with Gasteiger partial charge in [0.05, 0.1) is 12.5 Å². The lowest BCUT2D eigenvalue weighted by Crippen LogP contribution is -2.31. The zero-order valence-corrected chi connectivity index (χ0v) is 12.0. The summed E-state index contributed by atoms with van der Waals surface area (Å²) in [5.41, 5.74) is 0.685. The molecule has 0 aliphatic carbocycles. The monoisotopic (exact) mass is 313 g/mol. The number of halogens is 1. The summed E-state index contributed by atoms with van der Waals surface area (Å²) in [6, 6.07) is 4.04. The highest BCUT2D eigenvalue weighted by Gasteiger charge is 2.27. The van der Waals surface area contributed by atoms with Crippen LogP contribution in [0.15, 0.2) is 40.6 Å². The third kappa shape index (κ3) is 2.58. The van der Waals surface area contributed by atoms with Crippen molar-refractivity contribution >= 4 is 21.8 Å². The number of sulfonamides is 1. The van der Waals surface area contributed by atoms with E-state index in [1.165, 1.54) is 24.7 Å². The summed E-state index contributed by atoms with van der Waals surface area (Å²) in [7, 11) is -3.67. The standard InChI is InChI=1S/C12H12FN3O2S2/c13-8-1-2-11-9(5-8)10(3-4-19-11)16-20(17,18)12-6-14-7-15-12/h1-2,5-7,10,16H,3-4H2,(H,14,15). The fraction of sp³-hybridized carbons (Fsp3) is 0.250. The molecule has 0 spiro atoms. The predicted octanol–water partition coefficient (Wildman–Crippen LogP) is 2.06. The Labute approximate surface area is 120 Å². The molecule has 20 heavy (non-hydrogen) atoms. The number of hydrogen-bond donors (Lipinski definition) is 2. The van der Waals surface area contributed by atoms with Gasteiger partial charge in [0.15, 0.2) is 5.03 Å². The van der Waals surface area contributed by atoms with Gasteiger partial charge < -0.3 is 4.98 Å². The molecule has 0 amide bonds. The Balaban J connectivity index is 1.92. The van der Waals surface area contributed by atoms with E-state index in [0.29, 0.717) is 12.0 Å². The van der Waals surface area contributed by atoms with Crippen LogP contribution in [0.5, 0.6) is 0 Å². The molecule has 8 heteroatoms. The van der Waals surface area contributed by atoms with E-state index >= 15 is 0 Å². The first kappa shape index (κ1) is 13.6. The Morgan fingerprint density at radius 2 is 2.30 bits per heavy atom. The number of hydrogen-bond acceptors (Lipinski definition) is 4. The van der Waals surface area contributed by atoms with Crippen LogP contribution in [-0.2, 0) is 10.0 Å². The topological polar surface area (TPSA) is 74.8 Å². The number of nitrogens with zero attached hydrogens (tertiary/aromatic N) is 1. The number of fused-ring (bicyclic) bond motifs is 1. The van der Waals surface area contributed by atoms with Gasteiger partial charge in [-0.25, -0.2) is 22.5 Å². The lowest BCUT2D eigenvalue weighted by atomic mass is 10.0. The largest absolute Gasteiger partial charge is 0.335 e. The van der Waals surface area contributed by atoms with Crippen LogP contribution in [0.2, 0.25) is 0 Å². The fourth-order valence-corrected chi connectivity index (χ4v) is 4.39. The highest BCUT2D eigenvalue weighted by Crippen LogP contribution is 2.37. The molecule has 0 fully saturated rings. The average molecular weight is 313 g/mol. The molecule has 0 bridgehead atoms. The van der Waals surface area contributed by atoms with Gasteiger partial charge >= 0.3 is 0 Å². The van der Waals surface area contributed by atoms with E-state index in [1.54, 1.807) is 17.8 Å². The maximum atomic E-state index is 13.4.